The molecule has 0 radical (unpaired) electrons. The lowest BCUT2D eigenvalue weighted by atomic mass is 9.77. The molecule has 1 aliphatic carbocycles. The highest BCUT2D eigenvalue weighted by molar-refractivity contribution is 8.00. The number of thioether (sulfide) groups is 1. The number of nitrogens with zero attached hydrogens (tertiary/aromatic N) is 1. The zero-order valence-corrected chi connectivity index (χ0v) is 20.9. The van der Waals surface area contributed by atoms with Crippen LogP contribution in [0.2, 0.25) is 15.1 Å². The van der Waals surface area contributed by atoms with E-state index in [9.17, 15) is 10.1 Å². The van der Waals surface area contributed by atoms with Gasteiger partial charge in [0.15, 0.2) is 0 Å². The minimum absolute atomic E-state index is 0.0411. The van der Waals surface area contributed by atoms with Gasteiger partial charge in [0, 0.05) is 27.3 Å². The van der Waals surface area contributed by atoms with Crippen LogP contribution in [0.4, 0.5) is 11.4 Å². The lowest BCUT2D eigenvalue weighted by molar-refractivity contribution is -0.387. The number of fused-ring (bicyclic) bond motifs is 3. The number of halogens is 4. The smallest absolute Gasteiger partial charge is 0.282 e. The molecule has 170 valence electrons. The molecule has 1 heterocycles. The van der Waals surface area contributed by atoms with Gasteiger partial charge in [-0.25, -0.2) is 0 Å². The number of nitro benzene ring substituents is 1. The van der Waals surface area contributed by atoms with Gasteiger partial charge < -0.3 is 5.32 Å². The number of nitrogens with one attached hydrogen (secondary N) is 1. The van der Waals surface area contributed by atoms with Crippen molar-refractivity contribution in [2.75, 3.05) is 5.32 Å². The summed E-state index contributed by atoms with van der Waals surface area (Å²) < 4.78 is 0. The molecule has 3 aromatic rings. The molecule has 9 heteroatoms. The molecule has 4 nitrogen and oxygen atoms in total. The van der Waals surface area contributed by atoms with Gasteiger partial charge in [0.05, 0.1) is 31.9 Å². The number of alkyl halides is 1. The number of benzene rings is 3. The van der Waals surface area contributed by atoms with Gasteiger partial charge in [0.2, 0.25) is 0 Å². The summed E-state index contributed by atoms with van der Waals surface area (Å²) in [6.07, 6.45) is 0.752. The van der Waals surface area contributed by atoms with E-state index in [0.29, 0.717) is 20.0 Å². The van der Waals surface area contributed by atoms with Crippen LogP contribution < -0.4 is 5.32 Å². The number of anilines is 1. The number of hydrogen-bond acceptors (Lipinski definition) is 4. The predicted octanol–water partition coefficient (Wildman–Crippen LogP) is 8.59. The van der Waals surface area contributed by atoms with Crippen molar-refractivity contribution >= 4 is 69.5 Å². The zero-order chi connectivity index (χ0) is 23.3. The fourth-order valence-corrected chi connectivity index (χ4v) is 7.81. The van der Waals surface area contributed by atoms with Crippen molar-refractivity contribution in [1.29, 1.82) is 0 Å². The van der Waals surface area contributed by atoms with Crippen molar-refractivity contribution in [3.63, 3.8) is 0 Å². The lowest BCUT2D eigenvalue weighted by Gasteiger charge is -2.39. The van der Waals surface area contributed by atoms with Crippen LogP contribution in [0, 0.1) is 16.0 Å². The molecule has 3 aromatic carbocycles. The first-order valence-corrected chi connectivity index (χ1v) is 12.8. The van der Waals surface area contributed by atoms with Crippen LogP contribution >= 0.6 is 58.2 Å². The molecule has 5 rings (SSSR count). The molecule has 0 unspecified atom stereocenters. The molecule has 0 bridgehead atoms. The van der Waals surface area contributed by atoms with Crippen molar-refractivity contribution in [2.45, 2.75) is 33.9 Å². The second-order valence-electron chi connectivity index (χ2n) is 8.25. The maximum absolute atomic E-state index is 11.5. The highest BCUT2D eigenvalue weighted by atomic mass is 35.5. The maximum atomic E-state index is 11.5. The van der Waals surface area contributed by atoms with E-state index in [1.165, 1.54) is 17.8 Å². The topological polar surface area (TPSA) is 55.2 Å². The van der Waals surface area contributed by atoms with Gasteiger partial charge in [-0.3, -0.25) is 10.1 Å². The number of para-hydroxylation sites is 1. The minimum Gasteiger partial charge on any atom is -0.376 e. The van der Waals surface area contributed by atoms with Crippen molar-refractivity contribution < 1.29 is 4.92 Å². The third-order valence-corrected chi connectivity index (χ3v) is 9.39. The SMILES string of the molecule is O=[N+]([O-])c1ccccc1S[C@H]1C[C@@H]2[C@@H](c3cc(Cl)cc(Cl)c3N[C@@H]2c2ccccc2Cl)[C@H]1Cl. The number of rotatable bonds is 4. The van der Waals surface area contributed by atoms with Crippen LogP contribution in [0.1, 0.15) is 29.5 Å². The van der Waals surface area contributed by atoms with E-state index in [2.05, 4.69) is 5.32 Å². The van der Waals surface area contributed by atoms with Crippen molar-refractivity contribution in [2.24, 2.45) is 5.92 Å². The standard InChI is InChI=1S/C24H18Cl4N2O2S/c25-12-9-14-21-15(11-20(22(21)28)33-19-8-4-3-7-18(19)30(31)32)23(29-24(14)17(27)10-12)13-5-1-2-6-16(13)26/h1-10,15,20-23,29H,11H2/t15-,20+,21-,22+,23-/m1/s1. The highest BCUT2D eigenvalue weighted by Gasteiger charge is 2.51. The number of hydrogen-bond donors (Lipinski definition) is 1. The summed E-state index contributed by atoms with van der Waals surface area (Å²) in [5.41, 5.74) is 2.86. The van der Waals surface area contributed by atoms with Gasteiger partial charge in [-0.2, -0.15) is 0 Å². The van der Waals surface area contributed by atoms with E-state index in [4.69, 9.17) is 46.4 Å². The molecule has 2 aliphatic rings. The summed E-state index contributed by atoms with van der Waals surface area (Å²) in [6.45, 7) is 0. The third-order valence-electron chi connectivity index (χ3n) is 6.42. The Balaban J connectivity index is 1.58. The summed E-state index contributed by atoms with van der Waals surface area (Å²) in [6, 6.07) is 18.1. The molecule has 1 aliphatic heterocycles. The summed E-state index contributed by atoms with van der Waals surface area (Å²) in [5.74, 6) is 0.0651. The molecule has 1 saturated carbocycles. The highest BCUT2D eigenvalue weighted by Crippen LogP contribution is 2.59. The molecule has 0 saturated heterocycles. The van der Waals surface area contributed by atoms with Crippen LogP contribution in [-0.4, -0.2) is 15.6 Å². The maximum Gasteiger partial charge on any atom is 0.282 e. The molecule has 0 amide bonds. The predicted molar refractivity (Wildman–Crippen MR) is 138 cm³/mol. The molecular formula is C24H18Cl4N2O2S. The third kappa shape index (κ3) is 4.19. The van der Waals surface area contributed by atoms with Crippen LogP contribution in [0.25, 0.3) is 0 Å². The van der Waals surface area contributed by atoms with Gasteiger partial charge >= 0.3 is 0 Å². The minimum atomic E-state index is -0.351. The Morgan fingerprint density at radius 1 is 0.970 bits per heavy atom. The van der Waals surface area contributed by atoms with E-state index >= 15 is 0 Å². The van der Waals surface area contributed by atoms with E-state index in [1.807, 2.05) is 36.4 Å². The normalized spacial score (nSPS) is 25.8. The Kier molecular flexibility index (Phi) is 6.45. The van der Waals surface area contributed by atoms with E-state index < -0.39 is 0 Å². The van der Waals surface area contributed by atoms with Crippen LogP contribution in [0.3, 0.4) is 0 Å². The fraction of sp³-hybridized carbons (Fsp3) is 0.250. The second-order valence-corrected chi connectivity index (χ2v) is 11.3. The van der Waals surface area contributed by atoms with E-state index in [0.717, 1.165) is 23.2 Å². The summed E-state index contributed by atoms with van der Waals surface area (Å²) >= 11 is 28.1. The van der Waals surface area contributed by atoms with Crippen molar-refractivity contribution in [1.82, 2.24) is 0 Å². The van der Waals surface area contributed by atoms with Gasteiger partial charge in [-0.1, -0.05) is 65.1 Å². The van der Waals surface area contributed by atoms with Crippen LogP contribution in [0.5, 0.6) is 0 Å². The number of nitro groups is 1. The summed E-state index contributed by atoms with van der Waals surface area (Å²) in [4.78, 5) is 11.8. The average Bonchev–Trinajstić information content (AvgIpc) is 3.10. The first-order valence-electron chi connectivity index (χ1n) is 10.4. The summed E-state index contributed by atoms with van der Waals surface area (Å²) in [7, 11) is 0. The second kappa shape index (κ2) is 9.20. The quantitative estimate of drug-likeness (QED) is 0.205. The Bertz CT molecular complexity index is 1240. The Morgan fingerprint density at radius 2 is 1.70 bits per heavy atom. The molecule has 0 aromatic heterocycles. The molecule has 5 atom stereocenters. The van der Waals surface area contributed by atoms with Crippen LogP contribution in [-0.2, 0) is 0 Å². The zero-order valence-electron chi connectivity index (χ0n) is 17.1. The first-order chi connectivity index (χ1) is 15.8. The van der Waals surface area contributed by atoms with Crippen molar-refractivity contribution in [3.05, 3.63) is 97.0 Å². The fourth-order valence-electron chi connectivity index (χ4n) is 5.05. The Hall–Kier alpha value is -1.63. The monoisotopic (exact) mass is 538 g/mol. The van der Waals surface area contributed by atoms with E-state index in [1.54, 1.807) is 18.2 Å². The molecule has 0 spiro atoms. The molecular weight excluding hydrogens is 522 g/mol. The van der Waals surface area contributed by atoms with Gasteiger partial charge in [-0.15, -0.1) is 23.4 Å². The van der Waals surface area contributed by atoms with E-state index in [-0.39, 0.29) is 39.1 Å². The summed E-state index contributed by atoms with van der Waals surface area (Å²) in [5, 5.41) is 16.6. The first kappa shape index (κ1) is 23.1. The average molecular weight is 540 g/mol. The largest absolute Gasteiger partial charge is 0.376 e. The van der Waals surface area contributed by atoms with Gasteiger partial charge in [-0.05, 0) is 47.7 Å². The van der Waals surface area contributed by atoms with Crippen molar-refractivity contribution in [3.8, 4) is 0 Å². The Labute approximate surface area is 215 Å². The molecule has 1 fully saturated rings. The van der Waals surface area contributed by atoms with Gasteiger partial charge in [0.25, 0.3) is 5.69 Å². The van der Waals surface area contributed by atoms with Gasteiger partial charge in [0.1, 0.15) is 0 Å². The lowest BCUT2D eigenvalue weighted by Crippen LogP contribution is -2.31. The molecule has 1 N–H and O–H groups in total. The molecule has 33 heavy (non-hydrogen) atoms. The van der Waals surface area contributed by atoms with Crippen LogP contribution in [0.15, 0.2) is 65.6 Å². The Morgan fingerprint density at radius 3 is 2.45 bits per heavy atom.